The molecular weight excluding hydrogens is 416 g/mol. The van der Waals surface area contributed by atoms with Crippen molar-refractivity contribution in [2.75, 3.05) is 46.4 Å². The fourth-order valence-corrected chi connectivity index (χ4v) is 5.72. The zero-order valence-corrected chi connectivity index (χ0v) is 19.8. The van der Waals surface area contributed by atoms with Crippen LogP contribution in [0.5, 0.6) is 5.75 Å². The molecule has 1 saturated heterocycles. The molecule has 0 unspecified atom stereocenters. The van der Waals surface area contributed by atoms with Crippen LogP contribution < -0.4 is 4.74 Å². The highest BCUT2D eigenvalue weighted by atomic mass is 32.2. The number of methoxy groups -OCH3 is 1. The summed E-state index contributed by atoms with van der Waals surface area (Å²) < 4.78 is 35.7. The minimum atomic E-state index is -3.48. The summed E-state index contributed by atoms with van der Waals surface area (Å²) in [5.41, 5.74) is 3.44. The fourth-order valence-electron chi connectivity index (χ4n) is 4.11. The second kappa shape index (κ2) is 9.42. The molecule has 0 spiro atoms. The van der Waals surface area contributed by atoms with E-state index >= 15 is 0 Å². The zero-order chi connectivity index (χ0) is 22.8. The van der Waals surface area contributed by atoms with Gasteiger partial charge >= 0.3 is 0 Å². The average Bonchev–Trinajstić information content (AvgIpc) is 3.08. The highest BCUT2D eigenvalue weighted by molar-refractivity contribution is 7.86. The molecule has 1 aromatic carbocycles. The van der Waals surface area contributed by atoms with Gasteiger partial charge in [0.2, 0.25) is 0 Å². The van der Waals surface area contributed by atoms with E-state index in [4.69, 9.17) is 4.74 Å². The first-order valence-corrected chi connectivity index (χ1v) is 12.0. The van der Waals surface area contributed by atoms with Gasteiger partial charge in [0.15, 0.2) is 0 Å². The SMILES string of the molecule is CCN(CC)S(=O)(=O)N1CCN(C(=O)c2cc(C)n(-c3ccc(OC)cc3)c2C)CC1. The number of carbonyl (C=O) groups is 1. The molecule has 1 fully saturated rings. The van der Waals surface area contributed by atoms with E-state index in [1.165, 1.54) is 8.61 Å². The van der Waals surface area contributed by atoms with Crippen molar-refractivity contribution in [3.63, 3.8) is 0 Å². The molecule has 3 rings (SSSR count). The maximum absolute atomic E-state index is 13.2. The Bertz CT molecular complexity index is 1020. The molecule has 2 heterocycles. The summed E-state index contributed by atoms with van der Waals surface area (Å²) in [4.78, 5) is 15.0. The Labute approximate surface area is 185 Å². The molecule has 0 saturated carbocycles. The van der Waals surface area contributed by atoms with Gasteiger partial charge in [-0.2, -0.15) is 17.0 Å². The van der Waals surface area contributed by atoms with Gasteiger partial charge < -0.3 is 14.2 Å². The van der Waals surface area contributed by atoms with Gasteiger partial charge in [-0.25, -0.2) is 0 Å². The molecule has 0 aliphatic carbocycles. The lowest BCUT2D eigenvalue weighted by atomic mass is 10.2. The Morgan fingerprint density at radius 1 is 1.03 bits per heavy atom. The van der Waals surface area contributed by atoms with Crippen molar-refractivity contribution in [2.45, 2.75) is 27.7 Å². The zero-order valence-electron chi connectivity index (χ0n) is 19.0. The first-order chi connectivity index (χ1) is 14.7. The third kappa shape index (κ3) is 4.49. The number of benzene rings is 1. The molecule has 0 atom stereocenters. The number of aromatic nitrogens is 1. The lowest BCUT2D eigenvalue weighted by molar-refractivity contribution is 0.0693. The van der Waals surface area contributed by atoms with Crippen molar-refractivity contribution in [1.29, 1.82) is 0 Å². The topological polar surface area (TPSA) is 75.1 Å². The average molecular weight is 449 g/mol. The summed E-state index contributed by atoms with van der Waals surface area (Å²) in [7, 11) is -1.85. The standard InChI is InChI=1S/C22H32N4O4S/c1-6-24(7-2)31(28,29)25-14-12-23(13-15-25)22(27)21-16-17(3)26(18(21)4)19-8-10-20(30-5)11-9-19/h8-11,16H,6-7,12-15H2,1-5H3. The molecule has 1 amide bonds. The number of piperazine rings is 1. The molecule has 170 valence electrons. The number of nitrogens with zero attached hydrogens (tertiary/aromatic N) is 4. The van der Waals surface area contributed by atoms with Crippen LogP contribution in [0, 0.1) is 13.8 Å². The van der Waals surface area contributed by atoms with E-state index in [-0.39, 0.29) is 5.91 Å². The molecule has 0 N–H and O–H groups in total. The van der Waals surface area contributed by atoms with Gasteiger partial charge in [0.1, 0.15) is 5.75 Å². The largest absolute Gasteiger partial charge is 0.497 e. The lowest BCUT2D eigenvalue weighted by Crippen LogP contribution is -2.54. The van der Waals surface area contributed by atoms with Crippen LogP contribution in [0.25, 0.3) is 5.69 Å². The van der Waals surface area contributed by atoms with Crippen molar-refractivity contribution in [2.24, 2.45) is 0 Å². The van der Waals surface area contributed by atoms with Crippen LogP contribution in [0.4, 0.5) is 0 Å². The Kier molecular flexibility index (Phi) is 7.08. The van der Waals surface area contributed by atoms with Gasteiger partial charge in [0.05, 0.1) is 12.7 Å². The third-order valence-electron chi connectivity index (χ3n) is 5.88. The minimum Gasteiger partial charge on any atom is -0.497 e. The van der Waals surface area contributed by atoms with Crippen LogP contribution >= 0.6 is 0 Å². The summed E-state index contributed by atoms with van der Waals surface area (Å²) in [5, 5.41) is 0. The lowest BCUT2D eigenvalue weighted by Gasteiger charge is -2.36. The molecule has 31 heavy (non-hydrogen) atoms. The van der Waals surface area contributed by atoms with E-state index in [2.05, 4.69) is 0 Å². The smallest absolute Gasteiger partial charge is 0.282 e. The number of rotatable bonds is 7. The van der Waals surface area contributed by atoms with Crippen molar-refractivity contribution in [1.82, 2.24) is 18.1 Å². The first kappa shape index (κ1) is 23.3. The van der Waals surface area contributed by atoms with Crippen LogP contribution in [0.15, 0.2) is 30.3 Å². The molecule has 0 bridgehead atoms. The van der Waals surface area contributed by atoms with Crippen molar-refractivity contribution >= 4 is 16.1 Å². The summed E-state index contributed by atoms with van der Waals surface area (Å²) in [5.74, 6) is 0.716. The van der Waals surface area contributed by atoms with Crippen LogP contribution in [0.3, 0.4) is 0 Å². The molecular formula is C22H32N4O4S. The predicted molar refractivity (Wildman–Crippen MR) is 121 cm³/mol. The molecule has 1 aromatic heterocycles. The van der Waals surface area contributed by atoms with Crippen molar-refractivity contribution in [3.05, 3.63) is 47.3 Å². The van der Waals surface area contributed by atoms with E-state index < -0.39 is 10.2 Å². The van der Waals surface area contributed by atoms with Gasteiger partial charge in [0, 0.05) is 56.3 Å². The number of amides is 1. The number of hydrogen-bond donors (Lipinski definition) is 0. The van der Waals surface area contributed by atoms with E-state index in [0.717, 1.165) is 22.8 Å². The normalized spacial score (nSPS) is 15.5. The van der Waals surface area contributed by atoms with Crippen molar-refractivity contribution < 1.29 is 17.9 Å². The van der Waals surface area contributed by atoms with Crippen LogP contribution in [-0.2, 0) is 10.2 Å². The quantitative estimate of drug-likeness (QED) is 0.652. The fraction of sp³-hybridized carbons (Fsp3) is 0.500. The molecule has 0 radical (unpaired) electrons. The monoisotopic (exact) mass is 448 g/mol. The van der Waals surface area contributed by atoms with Gasteiger partial charge in [-0.15, -0.1) is 0 Å². The second-order valence-corrected chi connectivity index (χ2v) is 9.53. The van der Waals surface area contributed by atoms with Crippen LogP contribution in [-0.4, -0.2) is 78.8 Å². The van der Waals surface area contributed by atoms with E-state index in [9.17, 15) is 13.2 Å². The minimum absolute atomic E-state index is 0.0623. The Hall–Kier alpha value is -2.36. The summed E-state index contributed by atoms with van der Waals surface area (Å²) in [6.07, 6.45) is 0. The third-order valence-corrected chi connectivity index (χ3v) is 8.06. The van der Waals surface area contributed by atoms with Crippen LogP contribution in [0.2, 0.25) is 0 Å². The number of hydrogen-bond acceptors (Lipinski definition) is 4. The van der Waals surface area contributed by atoms with Crippen molar-refractivity contribution in [3.8, 4) is 11.4 Å². The predicted octanol–water partition coefficient (Wildman–Crippen LogP) is 2.45. The highest BCUT2D eigenvalue weighted by Gasteiger charge is 2.33. The number of aryl methyl sites for hydroxylation is 1. The summed E-state index contributed by atoms with van der Waals surface area (Å²) >= 11 is 0. The molecule has 9 heteroatoms. The maximum Gasteiger partial charge on any atom is 0.282 e. The van der Waals surface area contributed by atoms with E-state index in [1.807, 2.05) is 62.6 Å². The van der Waals surface area contributed by atoms with Crippen LogP contribution in [0.1, 0.15) is 35.6 Å². The number of ether oxygens (including phenoxy) is 1. The Morgan fingerprint density at radius 2 is 1.61 bits per heavy atom. The first-order valence-electron chi connectivity index (χ1n) is 10.6. The van der Waals surface area contributed by atoms with Gasteiger partial charge in [-0.1, -0.05) is 13.8 Å². The van der Waals surface area contributed by atoms with E-state index in [0.29, 0.717) is 44.8 Å². The Morgan fingerprint density at radius 3 is 2.13 bits per heavy atom. The van der Waals surface area contributed by atoms with Gasteiger partial charge in [0.25, 0.3) is 16.1 Å². The molecule has 1 aliphatic heterocycles. The Balaban J connectivity index is 1.76. The van der Waals surface area contributed by atoms with E-state index in [1.54, 1.807) is 12.0 Å². The maximum atomic E-state index is 13.2. The molecule has 8 nitrogen and oxygen atoms in total. The van der Waals surface area contributed by atoms with Gasteiger partial charge in [-0.05, 0) is 44.2 Å². The molecule has 1 aliphatic rings. The van der Waals surface area contributed by atoms with Gasteiger partial charge in [-0.3, -0.25) is 4.79 Å². The second-order valence-electron chi connectivity index (χ2n) is 7.60. The number of carbonyl (C=O) groups excluding carboxylic acids is 1. The highest BCUT2D eigenvalue weighted by Crippen LogP contribution is 2.24. The molecule has 2 aromatic rings. The summed E-state index contributed by atoms with van der Waals surface area (Å²) in [6, 6.07) is 9.62. The summed E-state index contributed by atoms with van der Waals surface area (Å²) in [6.45, 7) is 9.83.